The zero-order valence-electron chi connectivity index (χ0n) is 15.1. The zero-order chi connectivity index (χ0) is 19.7. The normalized spacial score (nSPS) is 21.3. The third kappa shape index (κ3) is 3.52. The summed E-state index contributed by atoms with van der Waals surface area (Å²) < 4.78 is 72.4. The van der Waals surface area contributed by atoms with Crippen LogP contribution in [0.4, 0.5) is 22.0 Å². The molecule has 2 aromatic carbocycles. The second kappa shape index (κ2) is 7.83. The molecule has 144 valence electrons. The first-order valence-electron chi connectivity index (χ1n) is 9.17. The molecule has 0 radical (unpaired) electrons. The Bertz CT molecular complexity index is 905. The van der Waals surface area contributed by atoms with Gasteiger partial charge in [0, 0.05) is 17.0 Å². The molecule has 0 unspecified atom stereocenters. The summed E-state index contributed by atoms with van der Waals surface area (Å²) in [5, 5.41) is -0.630. The van der Waals surface area contributed by atoms with Crippen molar-refractivity contribution in [3.63, 3.8) is 0 Å². The summed E-state index contributed by atoms with van der Waals surface area (Å²) in [7, 11) is 0. The van der Waals surface area contributed by atoms with Crippen LogP contribution in [0.2, 0.25) is 0 Å². The first kappa shape index (κ1) is 19.6. The van der Waals surface area contributed by atoms with Crippen LogP contribution in [0.3, 0.4) is 0 Å². The molecule has 0 atom stereocenters. The van der Waals surface area contributed by atoms with E-state index in [0.29, 0.717) is 18.8 Å². The van der Waals surface area contributed by atoms with E-state index in [1.54, 1.807) is 0 Å². The molecule has 0 nitrogen and oxygen atoms in total. The number of rotatable bonds is 4. The molecule has 0 amide bonds. The Morgan fingerprint density at radius 1 is 1.04 bits per heavy atom. The van der Waals surface area contributed by atoms with Gasteiger partial charge in [-0.2, -0.15) is 0 Å². The number of halogens is 5. The van der Waals surface area contributed by atoms with Crippen molar-refractivity contribution < 1.29 is 22.0 Å². The van der Waals surface area contributed by atoms with Crippen molar-refractivity contribution in [1.82, 2.24) is 0 Å². The summed E-state index contributed by atoms with van der Waals surface area (Å²) in [6.07, 6.45) is 4.70. The van der Waals surface area contributed by atoms with Crippen LogP contribution in [0, 0.1) is 29.3 Å². The topological polar surface area (TPSA) is 0 Å². The van der Waals surface area contributed by atoms with Crippen molar-refractivity contribution >= 4 is 22.7 Å². The van der Waals surface area contributed by atoms with Gasteiger partial charge in [0.2, 0.25) is 0 Å². The summed E-state index contributed by atoms with van der Waals surface area (Å²) in [5.74, 6) is -6.43. The molecule has 0 bridgehead atoms. The van der Waals surface area contributed by atoms with Crippen LogP contribution >= 0.6 is 0 Å². The summed E-state index contributed by atoms with van der Waals surface area (Å²) in [4.78, 5) is 0. The van der Waals surface area contributed by atoms with Gasteiger partial charge in [0.25, 0.3) is 0 Å². The number of hydrogen-bond acceptors (Lipinski definition) is 0. The highest BCUT2D eigenvalue weighted by atomic mass is 19.2. The van der Waals surface area contributed by atoms with E-state index < -0.39 is 46.0 Å². The van der Waals surface area contributed by atoms with E-state index in [0.717, 1.165) is 31.4 Å². The molecule has 1 aliphatic rings. The van der Waals surface area contributed by atoms with Gasteiger partial charge in [0.1, 0.15) is 11.6 Å². The van der Waals surface area contributed by atoms with E-state index in [2.05, 4.69) is 13.5 Å². The van der Waals surface area contributed by atoms with E-state index in [-0.39, 0.29) is 10.9 Å². The highest BCUT2D eigenvalue weighted by Gasteiger charge is 2.28. The predicted octanol–water partition coefficient (Wildman–Crippen LogP) is 7.72. The number of allylic oxidation sites excluding steroid dienone is 1. The molecule has 0 spiro atoms. The van der Waals surface area contributed by atoms with Gasteiger partial charge in [-0.25, -0.2) is 22.0 Å². The second-order valence-corrected chi connectivity index (χ2v) is 7.11. The third-order valence-corrected chi connectivity index (χ3v) is 5.60. The molecule has 0 heterocycles. The Morgan fingerprint density at radius 2 is 1.70 bits per heavy atom. The van der Waals surface area contributed by atoms with Crippen molar-refractivity contribution in [2.75, 3.05) is 0 Å². The highest BCUT2D eigenvalue weighted by Crippen LogP contribution is 2.40. The number of hydrogen-bond donors (Lipinski definition) is 0. The maximum absolute atomic E-state index is 14.8. The van der Waals surface area contributed by atoms with E-state index in [4.69, 9.17) is 0 Å². The lowest BCUT2D eigenvalue weighted by atomic mass is 9.80. The van der Waals surface area contributed by atoms with Crippen LogP contribution in [-0.2, 0) is 0 Å². The summed E-state index contributed by atoms with van der Waals surface area (Å²) in [6, 6.07) is 3.54. The molecule has 0 aliphatic heterocycles. The van der Waals surface area contributed by atoms with E-state index in [1.807, 2.05) is 0 Å². The van der Waals surface area contributed by atoms with Gasteiger partial charge in [0.15, 0.2) is 17.5 Å². The quantitative estimate of drug-likeness (QED) is 0.476. The van der Waals surface area contributed by atoms with Gasteiger partial charge in [-0.05, 0) is 49.1 Å². The molecule has 27 heavy (non-hydrogen) atoms. The largest absolute Gasteiger partial charge is 0.208 e. The van der Waals surface area contributed by atoms with Crippen LogP contribution in [0.15, 0.2) is 30.6 Å². The minimum Gasteiger partial charge on any atom is -0.208 e. The standard InChI is InChI=1S/C22H21F5/c1-3-12-5-7-14(8-6-12)19(24)21(26)16-10-9-15-11-13(4-2)18(23)22(27)17(15)20(16)25/h4,9-12,14H,2-3,5-8H2,1H3. The molecule has 2 aromatic rings. The highest BCUT2D eigenvalue weighted by molar-refractivity contribution is 5.89. The fourth-order valence-corrected chi connectivity index (χ4v) is 3.85. The molecule has 5 heteroatoms. The van der Waals surface area contributed by atoms with Crippen LogP contribution < -0.4 is 0 Å². The smallest absolute Gasteiger partial charge is 0.170 e. The Balaban J connectivity index is 2.05. The van der Waals surface area contributed by atoms with Crippen molar-refractivity contribution in [1.29, 1.82) is 0 Å². The summed E-state index contributed by atoms with van der Waals surface area (Å²) >= 11 is 0. The lowest BCUT2D eigenvalue weighted by Crippen LogP contribution is -2.15. The molecule has 1 fully saturated rings. The Kier molecular flexibility index (Phi) is 5.68. The molecule has 0 aromatic heterocycles. The van der Waals surface area contributed by atoms with Crippen molar-refractivity contribution in [2.24, 2.45) is 11.8 Å². The summed E-state index contributed by atoms with van der Waals surface area (Å²) in [6.45, 7) is 5.44. The van der Waals surface area contributed by atoms with E-state index in [9.17, 15) is 22.0 Å². The fraction of sp³-hybridized carbons (Fsp3) is 0.364. The molecule has 1 saturated carbocycles. The number of benzene rings is 2. The molecule has 0 saturated heterocycles. The third-order valence-electron chi connectivity index (χ3n) is 5.60. The van der Waals surface area contributed by atoms with Crippen molar-refractivity contribution in [3.05, 3.63) is 59.2 Å². The second-order valence-electron chi connectivity index (χ2n) is 7.11. The van der Waals surface area contributed by atoms with Crippen LogP contribution in [0.25, 0.3) is 22.7 Å². The zero-order valence-corrected chi connectivity index (χ0v) is 15.1. The maximum Gasteiger partial charge on any atom is 0.170 e. The minimum absolute atomic E-state index is 0.0571. The minimum atomic E-state index is -1.43. The van der Waals surface area contributed by atoms with Crippen LogP contribution in [-0.4, -0.2) is 0 Å². The van der Waals surface area contributed by atoms with Gasteiger partial charge < -0.3 is 0 Å². The Morgan fingerprint density at radius 3 is 2.30 bits per heavy atom. The van der Waals surface area contributed by atoms with Gasteiger partial charge >= 0.3 is 0 Å². The van der Waals surface area contributed by atoms with Gasteiger partial charge in [-0.3, -0.25) is 0 Å². The molecular formula is C22H21F5. The molecule has 3 rings (SSSR count). The van der Waals surface area contributed by atoms with Gasteiger partial charge in [-0.15, -0.1) is 0 Å². The average Bonchev–Trinajstić information content (AvgIpc) is 2.69. The van der Waals surface area contributed by atoms with Crippen LogP contribution in [0.1, 0.15) is 50.2 Å². The lowest BCUT2D eigenvalue weighted by molar-refractivity contribution is 0.268. The lowest BCUT2D eigenvalue weighted by Gasteiger charge is -2.27. The summed E-state index contributed by atoms with van der Waals surface area (Å²) in [5.41, 5.74) is -0.802. The monoisotopic (exact) mass is 380 g/mol. The molecule has 0 N–H and O–H groups in total. The van der Waals surface area contributed by atoms with E-state index in [1.165, 1.54) is 12.1 Å². The average molecular weight is 380 g/mol. The Hall–Kier alpha value is -2.17. The molecular weight excluding hydrogens is 359 g/mol. The molecule has 1 aliphatic carbocycles. The fourth-order valence-electron chi connectivity index (χ4n) is 3.85. The van der Waals surface area contributed by atoms with Gasteiger partial charge in [-0.1, -0.05) is 32.1 Å². The first-order chi connectivity index (χ1) is 12.9. The predicted molar refractivity (Wildman–Crippen MR) is 98.8 cm³/mol. The SMILES string of the molecule is C=Cc1cc2ccc(C(F)=C(F)C3CCC(CC)CC3)c(F)c2c(F)c1F. The van der Waals surface area contributed by atoms with Crippen molar-refractivity contribution in [2.45, 2.75) is 39.0 Å². The van der Waals surface area contributed by atoms with Gasteiger partial charge in [0.05, 0.1) is 5.39 Å². The first-order valence-corrected chi connectivity index (χ1v) is 9.17. The Labute approximate surface area is 155 Å². The number of fused-ring (bicyclic) bond motifs is 1. The van der Waals surface area contributed by atoms with Crippen molar-refractivity contribution in [3.8, 4) is 0 Å². The maximum atomic E-state index is 14.8. The van der Waals surface area contributed by atoms with Crippen LogP contribution in [0.5, 0.6) is 0 Å². The van der Waals surface area contributed by atoms with E-state index >= 15 is 0 Å².